The summed E-state index contributed by atoms with van der Waals surface area (Å²) in [6.07, 6.45) is 1.43. The van der Waals surface area contributed by atoms with Crippen molar-refractivity contribution in [3.63, 3.8) is 0 Å². The molecule has 9 heteroatoms. The standard InChI is InChI=1S/C25H24N4O4S/c1-19-8-9-20(2)24(16-19)29(34(31,32)23-6-4-3-5-7-23)18-25(30)28-27-17-21-10-12-22(13-11-21)33-15-14-26/h3-13,16-17H,15,18H2,1-2H3,(H,28,30)/b27-17-. The van der Waals surface area contributed by atoms with Gasteiger partial charge in [0.25, 0.3) is 15.9 Å². The van der Waals surface area contributed by atoms with Crippen LogP contribution >= 0.6 is 0 Å². The number of sulfonamides is 1. The van der Waals surface area contributed by atoms with E-state index in [4.69, 9.17) is 10.00 Å². The van der Waals surface area contributed by atoms with Gasteiger partial charge in [-0.3, -0.25) is 9.10 Å². The van der Waals surface area contributed by atoms with Gasteiger partial charge < -0.3 is 4.74 Å². The Hall–Kier alpha value is -4.16. The largest absolute Gasteiger partial charge is 0.479 e. The highest BCUT2D eigenvalue weighted by molar-refractivity contribution is 7.92. The lowest BCUT2D eigenvalue weighted by atomic mass is 10.1. The molecule has 3 aromatic carbocycles. The number of hydrogen-bond donors (Lipinski definition) is 1. The van der Waals surface area contributed by atoms with E-state index < -0.39 is 22.5 Å². The van der Waals surface area contributed by atoms with Crippen LogP contribution in [0.5, 0.6) is 5.75 Å². The molecule has 0 aliphatic rings. The predicted octanol–water partition coefficient (Wildman–Crippen LogP) is 3.55. The fourth-order valence-electron chi connectivity index (χ4n) is 3.12. The number of amides is 1. The highest BCUT2D eigenvalue weighted by atomic mass is 32.2. The van der Waals surface area contributed by atoms with Gasteiger partial charge in [-0.1, -0.05) is 30.3 Å². The topological polar surface area (TPSA) is 112 Å². The zero-order chi connectivity index (χ0) is 24.6. The van der Waals surface area contributed by atoms with E-state index in [-0.39, 0.29) is 11.5 Å². The molecule has 0 spiro atoms. The van der Waals surface area contributed by atoms with Crippen LogP contribution in [0.2, 0.25) is 0 Å². The van der Waals surface area contributed by atoms with E-state index in [1.165, 1.54) is 18.3 Å². The molecule has 3 aromatic rings. The van der Waals surface area contributed by atoms with Crippen molar-refractivity contribution in [2.75, 3.05) is 17.5 Å². The Morgan fingerprint density at radius 1 is 1.09 bits per heavy atom. The first-order chi connectivity index (χ1) is 16.3. The van der Waals surface area contributed by atoms with E-state index in [9.17, 15) is 13.2 Å². The number of benzene rings is 3. The molecular formula is C25H24N4O4S. The molecule has 0 aromatic heterocycles. The monoisotopic (exact) mass is 476 g/mol. The Morgan fingerprint density at radius 3 is 2.47 bits per heavy atom. The SMILES string of the molecule is Cc1ccc(C)c(N(CC(=O)N/N=C\c2ccc(OCC#N)cc2)S(=O)(=O)c2ccccc2)c1. The maximum absolute atomic E-state index is 13.4. The molecule has 0 atom stereocenters. The summed E-state index contributed by atoms with van der Waals surface area (Å²) in [5.74, 6) is -0.0522. The number of nitrogens with zero attached hydrogens (tertiary/aromatic N) is 3. The van der Waals surface area contributed by atoms with E-state index in [0.717, 1.165) is 15.4 Å². The fourth-order valence-corrected chi connectivity index (χ4v) is 4.62. The summed E-state index contributed by atoms with van der Waals surface area (Å²) in [6.45, 7) is 3.16. The van der Waals surface area contributed by atoms with E-state index in [1.54, 1.807) is 55.5 Å². The Bertz CT molecular complexity index is 1320. The second kappa shape index (κ2) is 11.1. The molecule has 34 heavy (non-hydrogen) atoms. The predicted molar refractivity (Wildman–Crippen MR) is 130 cm³/mol. The molecule has 0 aliphatic heterocycles. The summed E-state index contributed by atoms with van der Waals surface area (Å²) in [7, 11) is -3.99. The average molecular weight is 477 g/mol. The highest BCUT2D eigenvalue weighted by Gasteiger charge is 2.28. The van der Waals surface area contributed by atoms with Crippen LogP contribution in [0.15, 0.2) is 82.8 Å². The Morgan fingerprint density at radius 2 is 1.79 bits per heavy atom. The zero-order valence-corrected chi connectivity index (χ0v) is 19.6. The lowest BCUT2D eigenvalue weighted by Gasteiger charge is -2.25. The number of anilines is 1. The normalized spacial score (nSPS) is 11.1. The minimum atomic E-state index is -3.99. The number of hydrazone groups is 1. The molecule has 0 aliphatic carbocycles. The third-order valence-electron chi connectivity index (χ3n) is 4.84. The van der Waals surface area contributed by atoms with Crippen LogP contribution in [0.3, 0.4) is 0 Å². The van der Waals surface area contributed by atoms with Gasteiger partial charge in [-0.2, -0.15) is 10.4 Å². The van der Waals surface area contributed by atoms with Crippen LogP contribution < -0.4 is 14.5 Å². The van der Waals surface area contributed by atoms with Crippen LogP contribution in [0, 0.1) is 25.2 Å². The van der Waals surface area contributed by atoms with Crippen molar-refractivity contribution in [3.05, 3.63) is 89.5 Å². The lowest BCUT2D eigenvalue weighted by Crippen LogP contribution is -2.40. The molecule has 0 saturated heterocycles. The number of nitriles is 1. The van der Waals surface area contributed by atoms with E-state index >= 15 is 0 Å². The molecule has 0 saturated carbocycles. The minimum absolute atomic E-state index is 0.0493. The fraction of sp³-hybridized carbons (Fsp3) is 0.160. The second-order valence-corrected chi connectivity index (χ2v) is 9.29. The first-order valence-corrected chi connectivity index (χ1v) is 11.8. The van der Waals surface area contributed by atoms with Crippen LogP contribution in [0.1, 0.15) is 16.7 Å². The van der Waals surface area contributed by atoms with Gasteiger partial charge >= 0.3 is 0 Å². The lowest BCUT2D eigenvalue weighted by molar-refractivity contribution is -0.119. The van der Waals surface area contributed by atoms with Gasteiger partial charge in [-0.25, -0.2) is 13.8 Å². The summed E-state index contributed by atoms with van der Waals surface area (Å²) in [6, 6.07) is 22.1. The van der Waals surface area contributed by atoms with E-state index in [1.807, 2.05) is 25.1 Å². The van der Waals surface area contributed by atoms with Crippen LogP contribution in [-0.4, -0.2) is 33.7 Å². The van der Waals surface area contributed by atoms with E-state index in [2.05, 4.69) is 10.5 Å². The number of nitrogens with one attached hydrogen (secondary N) is 1. The molecule has 0 heterocycles. The first-order valence-electron chi connectivity index (χ1n) is 10.4. The van der Waals surface area contributed by atoms with Crippen molar-refractivity contribution in [2.24, 2.45) is 5.10 Å². The molecule has 8 nitrogen and oxygen atoms in total. The molecule has 0 fully saturated rings. The molecule has 1 N–H and O–H groups in total. The zero-order valence-electron chi connectivity index (χ0n) is 18.8. The number of carbonyl (C=O) groups is 1. The number of rotatable bonds is 9. The molecule has 3 rings (SSSR count). The second-order valence-electron chi connectivity index (χ2n) is 7.42. The van der Waals surface area contributed by atoms with Gasteiger partial charge in [0.2, 0.25) is 0 Å². The molecule has 0 unspecified atom stereocenters. The van der Waals surface area contributed by atoms with Crippen molar-refractivity contribution in [1.82, 2.24) is 5.43 Å². The van der Waals surface area contributed by atoms with Gasteiger partial charge in [0.1, 0.15) is 18.4 Å². The summed E-state index contributed by atoms with van der Waals surface area (Å²) < 4.78 is 33.1. The smallest absolute Gasteiger partial charge is 0.264 e. The van der Waals surface area contributed by atoms with Crippen molar-refractivity contribution < 1.29 is 17.9 Å². The van der Waals surface area contributed by atoms with Crippen LogP contribution in [-0.2, 0) is 14.8 Å². The van der Waals surface area contributed by atoms with Crippen molar-refractivity contribution in [3.8, 4) is 11.8 Å². The van der Waals surface area contributed by atoms with Crippen LogP contribution in [0.25, 0.3) is 0 Å². The Balaban J connectivity index is 1.78. The third-order valence-corrected chi connectivity index (χ3v) is 6.61. The van der Waals surface area contributed by atoms with Gasteiger partial charge in [0.15, 0.2) is 6.61 Å². The summed E-state index contributed by atoms with van der Waals surface area (Å²) in [5, 5.41) is 12.5. The maximum Gasteiger partial charge on any atom is 0.264 e. The van der Waals surface area contributed by atoms with Gasteiger partial charge in [-0.05, 0) is 73.0 Å². The van der Waals surface area contributed by atoms with Crippen molar-refractivity contribution in [2.45, 2.75) is 18.7 Å². The molecular weight excluding hydrogens is 452 g/mol. The molecule has 174 valence electrons. The molecule has 0 bridgehead atoms. The Labute approximate surface area is 199 Å². The van der Waals surface area contributed by atoms with Crippen molar-refractivity contribution in [1.29, 1.82) is 5.26 Å². The quantitative estimate of drug-likeness (QED) is 0.375. The summed E-state index contributed by atoms with van der Waals surface area (Å²) >= 11 is 0. The van der Waals surface area contributed by atoms with Gasteiger partial charge in [0.05, 0.1) is 16.8 Å². The van der Waals surface area contributed by atoms with Gasteiger partial charge in [-0.15, -0.1) is 0 Å². The number of aryl methyl sites for hydroxylation is 2. The number of hydrogen-bond acceptors (Lipinski definition) is 6. The van der Waals surface area contributed by atoms with Crippen LogP contribution in [0.4, 0.5) is 5.69 Å². The average Bonchev–Trinajstić information content (AvgIpc) is 2.84. The number of carbonyl (C=O) groups excluding carboxylic acids is 1. The van der Waals surface area contributed by atoms with Crippen molar-refractivity contribution >= 4 is 27.8 Å². The molecule has 0 radical (unpaired) electrons. The third kappa shape index (κ3) is 6.21. The highest BCUT2D eigenvalue weighted by Crippen LogP contribution is 2.27. The maximum atomic E-state index is 13.4. The Kier molecular flexibility index (Phi) is 8.01. The first kappa shape index (κ1) is 24.5. The molecule has 1 amide bonds. The summed E-state index contributed by atoms with van der Waals surface area (Å²) in [4.78, 5) is 12.8. The van der Waals surface area contributed by atoms with E-state index in [0.29, 0.717) is 17.0 Å². The summed E-state index contributed by atoms with van der Waals surface area (Å²) in [5.41, 5.74) is 5.09. The number of ether oxygens (including phenoxy) is 1. The van der Waals surface area contributed by atoms with Gasteiger partial charge in [0, 0.05) is 0 Å². The minimum Gasteiger partial charge on any atom is -0.479 e.